The monoisotopic (exact) mass is 370 g/mol. The molecule has 0 atom stereocenters. The van der Waals surface area contributed by atoms with E-state index in [2.05, 4.69) is 20.9 Å². The summed E-state index contributed by atoms with van der Waals surface area (Å²) in [6, 6.07) is 15.5. The lowest BCUT2D eigenvalue weighted by atomic mass is 9.97. The molecule has 3 nitrogen and oxygen atoms in total. The van der Waals surface area contributed by atoms with Crippen LogP contribution in [0.1, 0.15) is 11.1 Å². The first kappa shape index (κ1) is 14.8. The van der Waals surface area contributed by atoms with Crippen molar-refractivity contribution in [3.05, 3.63) is 67.7 Å². The van der Waals surface area contributed by atoms with Gasteiger partial charge in [-0.25, -0.2) is 0 Å². The molecule has 2 heterocycles. The number of thiophene rings is 1. The molecule has 0 amide bonds. The van der Waals surface area contributed by atoms with Crippen LogP contribution < -0.4 is 5.56 Å². The molecule has 0 aliphatic carbocycles. The number of H-pyrrole nitrogens is 1. The summed E-state index contributed by atoms with van der Waals surface area (Å²) in [7, 11) is 0. The highest BCUT2D eigenvalue weighted by atomic mass is 79.9. The average Bonchev–Trinajstić information content (AvgIpc) is 2.93. The Labute approximate surface area is 140 Å². The van der Waals surface area contributed by atoms with Crippen LogP contribution in [-0.4, -0.2) is 4.98 Å². The van der Waals surface area contributed by atoms with Gasteiger partial charge < -0.3 is 4.98 Å². The van der Waals surface area contributed by atoms with E-state index in [9.17, 15) is 10.1 Å². The van der Waals surface area contributed by atoms with Crippen molar-refractivity contribution in [1.82, 2.24) is 4.98 Å². The lowest BCUT2D eigenvalue weighted by Gasteiger charge is -2.09. The summed E-state index contributed by atoms with van der Waals surface area (Å²) in [4.78, 5) is 16.0. The quantitative estimate of drug-likeness (QED) is 0.709. The van der Waals surface area contributed by atoms with Crippen LogP contribution in [0.25, 0.3) is 21.7 Å². The molecule has 2 aromatic heterocycles. The van der Waals surface area contributed by atoms with Crippen molar-refractivity contribution in [2.45, 2.75) is 6.92 Å². The number of nitrogens with zero attached hydrogens (tertiary/aromatic N) is 1. The maximum atomic E-state index is 12.3. The summed E-state index contributed by atoms with van der Waals surface area (Å²) in [5, 5.41) is 9.34. The summed E-state index contributed by atoms with van der Waals surface area (Å²) < 4.78 is 0.991. The summed E-state index contributed by atoms with van der Waals surface area (Å²) in [5.74, 6) is 0. The van der Waals surface area contributed by atoms with Crippen molar-refractivity contribution in [2.75, 3.05) is 0 Å². The van der Waals surface area contributed by atoms with Gasteiger partial charge in [-0.1, -0.05) is 24.3 Å². The predicted octanol–water partition coefficient (Wildman–Crippen LogP) is 4.71. The first-order valence-corrected chi connectivity index (χ1v) is 8.20. The van der Waals surface area contributed by atoms with Crippen molar-refractivity contribution in [3.8, 4) is 27.8 Å². The number of hydrogen-bond acceptors (Lipinski definition) is 3. The molecule has 0 aliphatic heterocycles. The Hall–Kier alpha value is -2.16. The van der Waals surface area contributed by atoms with Gasteiger partial charge in [0, 0.05) is 5.56 Å². The van der Waals surface area contributed by atoms with Gasteiger partial charge in [-0.3, -0.25) is 4.79 Å². The zero-order valence-corrected chi connectivity index (χ0v) is 14.1. The Morgan fingerprint density at radius 2 is 1.95 bits per heavy atom. The van der Waals surface area contributed by atoms with Crippen LogP contribution in [0.2, 0.25) is 0 Å². The van der Waals surface area contributed by atoms with Crippen molar-refractivity contribution < 1.29 is 0 Å². The molecule has 0 spiro atoms. The SMILES string of the molecule is Cc1ccccc1-c1cc(-c2ccc(Br)s2)[nH]c(=O)c1C#N. The molecular formula is C17H11BrN2OS. The second-order valence-corrected chi connectivity index (χ2v) is 7.29. The normalized spacial score (nSPS) is 10.4. The maximum Gasteiger partial charge on any atom is 0.266 e. The minimum Gasteiger partial charge on any atom is -0.320 e. The molecule has 0 aliphatic rings. The first-order valence-electron chi connectivity index (χ1n) is 6.59. The topological polar surface area (TPSA) is 56.6 Å². The number of benzene rings is 1. The molecule has 0 bridgehead atoms. The number of aromatic amines is 1. The van der Waals surface area contributed by atoms with Gasteiger partial charge in [0.05, 0.1) is 14.4 Å². The zero-order valence-electron chi connectivity index (χ0n) is 11.7. The van der Waals surface area contributed by atoms with Gasteiger partial charge in [-0.2, -0.15) is 5.26 Å². The number of halogens is 1. The molecule has 1 aromatic carbocycles. The fraction of sp³-hybridized carbons (Fsp3) is 0.0588. The van der Waals surface area contributed by atoms with E-state index < -0.39 is 0 Å². The van der Waals surface area contributed by atoms with Crippen LogP contribution in [0.3, 0.4) is 0 Å². The molecule has 108 valence electrons. The standard InChI is InChI=1S/C17H11BrN2OS/c1-10-4-2-3-5-11(10)12-8-14(15-6-7-16(18)22-15)20-17(21)13(12)9-19/h2-8H,1H3,(H,20,21). The van der Waals surface area contributed by atoms with E-state index in [1.807, 2.05) is 55.5 Å². The maximum absolute atomic E-state index is 12.3. The molecule has 0 unspecified atom stereocenters. The number of rotatable bonds is 2. The molecule has 0 saturated carbocycles. The molecule has 1 N–H and O–H groups in total. The first-order chi connectivity index (χ1) is 10.6. The molecule has 0 saturated heterocycles. The number of hydrogen-bond donors (Lipinski definition) is 1. The Kier molecular flexibility index (Phi) is 3.97. The molecule has 22 heavy (non-hydrogen) atoms. The van der Waals surface area contributed by atoms with E-state index >= 15 is 0 Å². The van der Waals surface area contributed by atoms with Crippen molar-refractivity contribution in [2.24, 2.45) is 0 Å². The van der Waals surface area contributed by atoms with E-state index in [-0.39, 0.29) is 11.1 Å². The second-order valence-electron chi connectivity index (χ2n) is 4.83. The molecule has 0 fully saturated rings. The fourth-order valence-corrected chi connectivity index (χ4v) is 3.71. The lowest BCUT2D eigenvalue weighted by molar-refractivity contribution is 1.22. The highest BCUT2D eigenvalue weighted by Gasteiger charge is 2.14. The average molecular weight is 371 g/mol. The van der Waals surface area contributed by atoms with Crippen LogP contribution in [0, 0.1) is 18.3 Å². The number of nitriles is 1. The van der Waals surface area contributed by atoms with Crippen LogP contribution >= 0.6 is 27.3 Å². The van der Waals surface area contributed by atoms with Crippen LogP contribution in [0.15, 0.2) is 51.0 Å². The third-order valence-electron chi connectivity index (χ3n) is 3.42. The van der Waals surface area contributed by atoms with Gasteiger partial charge in [-0.15, -0.1) is 11.3 Å². The minimum atomic E-state index is -0.359. The van der Waals surface area contributed by atoms with Gasteiger partial charge in [-0.05, 0) is 52.2 Å². The largest absolute Gasteiger partial charge is 0.320 e. The molecule has 5 heteroatoms. The Bertz CT molecular complexity index is 950. The highest BCUT2D eigenvalue weighted by molar-refractivity contribution is 9.11. The van der Waals surface area contributed by atoms with Crippen molar-refractivity contribution >= 4 is 27.3 Å². The van der Waals surface area contributed by atoms with Gasteiger partial charge >= 0.3 is 0 Å². The number of aryl methyl sites for hydroxylation is 1. The smallest absolute Gasteiger partial charge is 0.266 e. The summed E-state index contributed by atoms with van der Waals surface area (Å²) in [6.45, 7) is 1.97. The Morgan fingerprint density at radius 1 is 1.18 bits per heavy atom. The highest BCUT2D eigenvalue weighted by Crippen LogP contribution is 2.33. The number of aromatic nitrogens is 1. The number of nitrogens with one attached hydrogen (secondary N) is 1. The Balaban J connectivity index is 2.29. The van der Waals surface area contributed by atoms with E-state index in [4.69, 9.17) is 0 Å². The van der Waals surface area contributed by atoms with E-state index in [0.717, 1.165) is 25.5 Å². The summed E-state index contributed by atoms with van der Waals surface area (Å²) >= 11 is 4.96. The van der Waals surface area contributed by atoms with E-state index in [1.165, 1.54) is 11.3 Å². The Morgan fingerprint density at radius 3 is 2.59 bits per heavy atom. The lowest BCUT2D eigenvalue weighted by Crippen LogP contribution is -2.12. The predicted molar refractivity (Wildman–Crippen MR) is 93.0 cm³/mol. The third kappa shape index (κ3) is 2.63. The summed E-state index contributed by atoms with van der Waals surface area (Å²) in [6.07, 6.45) is 0. The van der Waals surface area contributed by atoms with Gasteiger partial charge in [0.25, 0.3) is 5.56 Å². The second kappa shape index (κ2) is 5.91. The third-order valence-corrected chi connectivity index (χ3v) is 5.08. The van der Waals surface area contributed by atoms with Crippen molar-refractivity contribution in [3.63, 3.8) is 0 Å². The van der Waals surface area contributed by atoms with E-state index in [0.29, 0.717) is 5.56 Å². The molecular weight excluding hydrogens is 360 g/mol. The van der Waals surface area contributed by atoms with Crippen molar-refractivity contribution in [1.29, 1.82) is 5.26 Å². The van der Waals surface area contributed by atoms with Crippen LogP contribution in [-0.2, 0) is 0 Å². The van der Waals surface area contributed by atoms with Gasteiger partial charge in [0.1, 0.15) is 11.6 Å². The number of pyridine rings is 1. The molecule has 0 radical (unpaired) electrons. The van der Waals surface area contributed by atoms with Gasteiger partial charge in [0.15, 0.2) is 0 Å². The fourth-order valence-electron chi connectivity index (χ4n) is 2.35. The van der Waals surface area contributed by atoms with Crippen LogP contribution in [0.5, 0.6) is 0 Å². The van der Waals surface area contributed by atoms with Gasteiger partial charge in [0.2, 0.25) is 0 Å². The van der Waals surface area contributed by atoms with E-state index in [1.54, 1.807) is 0 Å². The minimum absolute atomic E-state index is 0.147. The summed E-state index contributed by atoms with van der Waals surface area (Å²) in [5.41, 5.74) is 3.11. The molecule has 3 rings (SSSR count). The zero-order chi connectivity index (χ0) is 15.7. The van der Waals surface area contributed by atoms with Crippen LogP contribution in [0.4, 0.5) is 0 Å². The molecule has 3 aromatic rings.